The highest BCUT2D eigenvalue weighted by Gasteiger charge is 2.15. The number of nitrogens with zero attached hydrogens (tertiary/aromatic N) is 5. The molecule has 5 rings (SSSR count). The summed E-state index contributed by atoms with van der Waals surface area (Å²) in [5.74, 6) is -0.120. The number of benzene rings is 2. The van der Waals surface area contributed by atoms with Crippen LogP contribution in [0.5, 0.6) is 0 Å². The molecule has 4 aromatic rings. The largest absolute Gasteiger partial charge is 0.370 e. The van der Waals surface area contributed by atoms with Crippen molar-refractivity contribution in [2.75, 3.05) is 11.9 Å². The molecule has 41 heavy (non-hydrogen) atoms. The normalized spacial score (nSPS) is 12.2. The Hall–Kier alpha value is -5.58. The first-order valence-electron chi connectivity index (χ1n) is 12.7. The first-order chi connectivity index (χ1) is 19.9. The average Bonchev–Trinajstić information content (AvgIpc) is 2.98. The van der Waals surface area contributed by atoms with Gasteiger partial charge in [0.25, 0.3) is 11.1 Å². The minimum absolute atomic E-state index is 0.0123. The van der Waals surface area contributed by atoms with E-state index in [2.05, 4.69) is 41.8 Å². The summed E-state index contributed by atoms with van der Waals surface area (Å²) in [6, 6.07) is 15.0. The highest BCUT2D eigenvalue weighted by atomic mass is 16.3. The summed E-state index contributed by atoms with van der Waals surface area (Å²) in [7, 11) is 1.95. The minimum Gasteiger partial charge on any atom is -0.370 e. The molecule has 0 atom stereocenters. The number of hydrogen-bond donors (Lipinski definition) is 2. The van der Waals surface area contributed by atoms with Gasteiger partial charge in [-0.3, -0.25) is 14.6 Å². The Morgan fingerprint density at radius 3 is 2.29 bits per heavy atom. The molecule has 1 aliphatic rings. The zero-order chi connectivity index (χ0) is 28.9. The number of fused-ring (bicyclic) bond motifs is 1. The van der Waals surface area contributed by atoms with Gasteiger partial charge in [0.2, 0.25) is 5.82 Å². The predicted octanol–water partition coefficient (Wildman–Crippen LogP) is 2.23. The van der Waals surface area contributed by atoms with Crippen molar-refractivity contribution in [2.45, 2.75) is 19.4 Å². The van der Waals surface area contributed by atoms with E-state index in [9.17, 15) is 19.4 Å². The smallest absolute Gasteiger partial charge is 0.262 e. The summed E-state index contributed by atoms with van der Waals surface area (Å²) in [6.07, 6.45) is 8.19. The molecular weight excluding hydrogens is 522 g/mol. The Kier molecular flexibility index (Phi) is 7.68. The van der Waals surface area contributed by atoms with Crippen molar-refractivity contribution in [3.8, 4) is 0 Å². The summed E-state index contributed by atoms with van der Waals surface area (Å²) in [4.78, 5) is 62.9. The molecule has 1 aliphatic carbocycles. The van der Waals surface area contributed by atoms with Gasteiger partial charge in [-0.25, -0.2) is 4.98 Å². The molecule has 0 fully saturated rings. The molecule has 2 heterocycles. The van der Waals surface area contributed by atoms with Crippen LogP contribution in [-0.4, -0.2) is 28.2 Å². The zero-order valence-corrected chi connectivity index (χ0v) is 22.1. The second-order valence-corrected chi connectivity index (χ2v) is 9.48. The third kappa shape index (κ3) is 5.88. The molecule has 2 aromatic heterocycles. The third-order valence-electron chi connectivity index (χ3n) is 6.65. The van der Waals surface area contributed by atoms with Crippen molar-refractivity contribution >= 4 is 53.9 Å². The number of hydrogen-bond acceptors (Lipinski definition) is 9. The van der Waals surface area contributed by atoms with E-state index in [4.69, 9.17) is 0 Å². The van der Waals surface area contributed by atoms with E-state index in [-0.39, 0.29) is 27.8 Å². The molecule has 11 heteroatoms. The number of aromatic nitrogens is 3. The maximum atomic E-state index is 12.1. The lowest BCUT2D eigenvalue weighted by Crippen LogP contribution is -2.47. The van der Waals surface area contributed by atoms with E-state index in [1.54, 1.807) is 0 Å². The van der Waals surface area contributed by atoms with Crippen molar-refractivity contribution in [3.63, 3.8) is 0 Å². The second-order valence-electron chi connectivity index (χ2n) is 9.48. The Labute approximate surface area is 232 Å². The Morgan fingerprint density at radius 1 is 0.951 bits per heavy atom. The molecule has 0 saturated heterocycles. The first-order valence-corrected chi connectivity index (χ1v) is 12.7. The van der Waals surface area contributed by atoms with Gasteiger partial charge in [0.05, 0.1) is 16.6 Å². The van der Waals surface area contributed by atoms with Crippen LogP contribution in [-0.2, 0) is 6.54 Å². The Balaban J connectivity index is 1.31. The van der Waals surface area contributed by atoms with Gasteiger partial charge < -0.3 is 14.9 Å². The quantitative estimate of drug-likeness (QED) is 0.255. The van der Waals surface area contributed by atoms with Crippen molar-refractivity contribution < 1.29 is 0 Å². The lowest BCUT2D eigenvalue weighted by molar-refractivity contribution is 0.923. The van der Waals surface area contributed by atoms with Crippen molar-refractivity contribution in [1.29, 1.82) is 0 Å². The van der Waals surface area contributed by atoms with Gasteiger partial charge in [-0.2, -0.15) is 0 Å². The predicted molar refractivity (Wildman–Crippen MR) is 161 cm³/mol. The minimum atomic E-state index is -0.495. The van der Waals surface area contributed by atoms with Crippen LogP contribution in [0.4, 0.5) is 22.9 Å². The summed E-state index contributed by atoms with van der Waals surface area (Å²) < 4.78 is 0. The molecule has 2 aromatic carbocycles. The number of aromatic amines is 2. The number of nitroso groups, excluding NO2 is 2. The van der Waals surface area contributed by atoms with Crippen molar-refractivity contribution in [3.05, 3.63) is 117 Å². The number of nitrogens with one attached hydrogen (secondary N) is 2. The molecule has 0 radical (unpaired) electrons. The molecule has 0 saturated carbocycles. The highest BCUT2D eigenvalue weighted by Crippen LogP contribution is 2.23. The van der Waals surface area contributed by atoms with Crippen LogP contribution in [0.15, 0.2) is 73.5 Å². The van der Waals surface area contributed by atoms with Crippen molar-refractivity contribution in [2.24, 2.45) is 15.3 Å². The standard InChI is InChI=1S/C30H25N7O4/c1-18-32-29(38)24(30(39)33-18)15-19-9-13-22(14-10-19)37(2)17-20-7-11-21(12-8-20)31-16-25-27(35-40)23-5-3-4-6-26(23)34-28(25)36-41/h5-16H,1,3-4,17H2,2H3,(H,32,38)(H,33,39)/b31-16+. The van der Waals surface area contributed by atoms with Crippen LogP contribution in [0.3, 0.4) is 0 Å². The molecule has 0 aliphatic heterocycles. The highest BCUT2D eigenvalue weighted by molar-refractivity contribution is 5.93. The molecule has 204 valence electrons. The van der Waals surface area contributed by atoms with Crippen LogP contribution in [0.25, 0.3) is 24.8 Å². The summed E-state index contributed by atoms with van der Waals surface area (Å²) in [5.41, 5.74) is 2.78. The van der Waals surface area contributed by atoms with Crippen LogP contribution in [0.2, 0.25) is 0 Å². The SMILES string of the molecule is C=c1[nH]c(=O)c(=Cc2ccc(N(C)Cc3ccc(/N=C/c4c(N=O)nc5c(c4N=O)=CCCC=5)cc3)cc2)c(=O)[nH]1. The first kappa shape index (κ1) is 27.0. The van der Waals surface area contributed by atoms with Gasteiger partial charge in [-0.15, -0.1) is 9.81 Å². The number of pyridine rings is 1. The van der Waals surface area contributed by atoms with E-state index >= 15 is 0 Å². The Morgan fingerprint density at radius 2 is 1.63 bits per heavy atom. The maximum absolute atomic E-state index is 12.1. The van der Waals surface area contributed by atoms with Crippen LogP contribution in [0.1, 0.15) is 29.5 Å². The molecule has 2 N–H and O–H groups in total. The van der Waals surface area contributed by atoms with Gasteiger partial charge in [-0.1, -0.05) is 43.0 Å². The fraction of sp³-hybridized carbons (Fsp3) is 0.133. The lowest BCUT2D eigenvalue weighted by Gasteiger charge is -2.19. The molecule has 0 spiro atoms. The average molecular weight is 548 g/mol. The summed E-state index contributed by atoms with van der Waals surface area (Å²) in [6.45, 7) is 4.15. The van der Waals surface area contributed by atoms with Gasteiger partial charge in [-0.05, 0) is 64.7 Å². The molecule has 0 unspecified atom stereocenters. The van der Waals surface area contributed by atoms with Crippen LogP contribution < -0.4 is 37.3 Å². The van der Waals surface area contributed by atoms with Gasteiger partial charge in [0.1, 0.15) is 16.4 Å². The van der Waals surface area contributed by atoms with E-state index in [0.29, 0.717) is 28.4 Å². The lowest BCUT2D eigenvalue weighted by atomic mass is 10.1. The molecule has 0 bridgehead atoms. The van der Waals surface area contributed by atoms with E-state index in [1.165, 1.54) is 12.3 Å². The summed E-state index contributed by atoms with van der Waals surface area (Å²) in [5, 5.41) is 7.28. The third-order valence-corrected chi connectivity index (χ3v) is 6.65. The fourth-order valence-electron chi connectivity index (χ4n) is 4.56. The molecular formula is C30H25N7O4. The fourth-order valence-corrected chi connectivity index (χ4v) is 4.56. The number of rotatable bonds is 8. The van der Waals surface area contributed by atoms with Crippen molar-refractivity contribution in [1.82, 2.24) is 15.0 Å². The van der Waals surface area contributed by atoms with Gasteiger partial charge in [0.15, 0.2) is 0 Å². The van der Waals surface area contributed by atoms with E-state index < -0.39 is 11.1 Å². The monoisotopic (exact) mass is 547 g/mol. The van der Waals surface area contributed by atoms with Crippen LogP contribution in [0, 0.1) is 9.81 Å². The van der Waals surface area contributed by atoms with E-state index in [1.807, 2.05) is 67.7 Å². The maximum Gasteiger partial charge on any atom is 0.262 e. The van der Waals surface area contributed by atoms with E-state index in [0.717, 1.165) is 24.1 Å². The Bertz CT molecular complexity index is 1990. The van der Waals surface area contributed by atoms with Crippen LogP contribution >= 0.6 is 0 Å². The summed E-state index contributed by atoms with van der Waals surface area (Å²) >= 11 is 0. The number of H-pyrrole nitrogens is 2. The number of anilines is 1. The molecule has 0 amide bonds. The number of aliphatic imine (C=N–C) groups is 1. The zero-order valence-electron chi connectivity index (χ0n) is 22.1. The molecule has 11 nitrogen and oxygen atoms in total. The topological polar surface area (TPSA) is 153 Å². The van der Waals surface area contributed by atoms with Gasteiger partial charge in [0, 0.05) is 30.7 Å². The second kappa shape index (κ2) is 11.7. The van der Waals surface area contributed by atoms with Gasteiger partial charge >= 0.3 is 0 Å².